The van der Waals surface area contributed by atoms with Gasteiger partial charge in [-0.2, -0.15) is 0 Å². The van der Waals surface area contributed by atoms with Gasteiger partial charge in [0.1, 0.15) is 23.7 Å². The summed E-state index contributed by atoms with van der Waals surface area (Å²) in [6, 6.07) is 10.6. The number of hydrogen-bond acceptors (Lipinski definition) is 5. The summed E-state index contributed by atoms with van der Waals surface area (Å²) in [7, 11) is 1.28. The summed E-state index contributed by atoms with van der Waals surface area (Å²) < 4.78 is 52.9. The zero-order valence-electron chi connectivity index (χ0n) is 13.8. The molecular weight excluding hydrogens is 449 g/mol. The standard InChI is InChI=1S/C18H12BrF3O4S/c1-24-17(23)12-6-7-14-13(8-15(19)27-14)16(12)25-9-10-2-4-11(5-3-10)26-18(20,21)22/h2-8H,9H2,1H3. The molecule has 0 amide bonds. The van der Waals surface area contributed by atoms with E-state index in [2.05, 4.69) is 20.7 Å². The van der Waals surface area contributed by atoms with Gasteiger partial charge in [0, 0.05) is 10.1 Å². The first-order valence-corrected chi connectivity index (χ1v) is 9.15. The second kappa shape index (κ2) is 7.77. The Labute approximate surface area is 164 Å². The molecule has 0 radical (unpaired) electrons. The van der Waals surface area contributed by atoms with Crippen molar-refractivity contribution in [3.63, 3.8) is 0 Å². The SMILES string of the molecule is COC(=O)c1ccc2sc(Br)cc2c1OCc1ccc(OC(F)(F)F)cc1. The van der Waals surface area contributed by atoms with Gasteiger partial charge in [-0.05, 0) is 51.8 Å². The Balaban J connectivity index is 1.84. The predicted molar refractivity (Wildman–Crippen MR) is 98.3 cm³/mol. The fraction of sp³-hybridized carbons (Fsp3) is 0.167. The lowest BCUT2D eigenvalue weighted by molar-refractivity contribution is -0.274. The Morgan fingerprint density at radius 3 is 2.48 bits per heavy atom. The summed E-state index contributed by atoms with van der Waals surface area (Å²) >= 11 is 4.89. The number of carbonyl (C=O) groups is 1. The van der Waals surface area contributed by atoms with Crippen molar-refractivity contribution >= 4 is 43.3 Å². The molecule has 0 bridgehead atoms. The van der Waals surface area contributed by atoms with Crippen LogP contribution in [0.15, 0.2) is 46.3 Å². The lowest BCUT2D eigenvalue weighted by Gasteiger charge is -2.13. The van der Waals surface area contributed by atoms with Crippen LogP contribution < -0.4 is 9.47 Å². The summed E-state index contributed by atoms with van der Waals surface area (Å²) in [6.45, 7) is 0.0584. The second-order valence-corrected chi connectivity index (χ2v) is 7.84. The molecule has 0 aliphatic heterocycles. The van der Waals surface area contributed by atoms with Crippen LogP contribution in [-0.2, 0) is 11.3 Å². The van der Waals surface area contributed by atoms with Crippen LogP contribution in [0.3, 0.4) is 0 Å². The topological polar surface area (TPSA) is 44.8 Å². The highest BCUT2D eigenvalue weighted by molar-refractivity contribution is 9.11. The van der Waals surface area contributed by atoms with Gasteiger partial charge in [-0.3, -0.25) is 0 Å². The van der Waals surface area contributed by atoms with Crippen LogP contribution in [0, 0.1) is 0 Å². The van der Waals surface area contributed by atoms with E-state index in [-0.39, 0.29) is 17.9 Å². The molecule has 0 aliphatic rings. The monoisotopic (exact) mass is 460 g/mol. The number of alkyl halides is 3. The molecule has 1 aromatic heterocycles. The lowest BCUT2D eigenvalue weighted by atomic mass is 10.1. The highest BCUT2D eigenvalue weighted by Crippen LogP contribution is 2.38. The Bertz CT molecular complexity index is 967. The summed E-state index contributed by atoms with van der Waals surface area (Å²) in [4.78, 5) is 12.0. The summed E-state index contributed by atoms with van der Waals surface area (Å²) in [5.74, 6) is -0.495. The molecule has 9 heteroatoms. The Kier molecular flexibility index (Phi) is 5.61. The summed E-state index contributed by atoms with van der Waals surface area (Å²) in [5.41, 5.74) is 0.888. The number of benzene rings is 2. The minimum atomic E-state index is -4.74. The molecule has 3 rings (SSSR count). The third-order valence-corrected chi connectivity index (χ3v) is 5.17. The number of halogens is 4. The maximum atomic E-state index is 12.2. The van der Waals surface area contributed by atoms with Gasteiger partial charge in [0.05, 0.1) is 10.9 Å². The molecule has 142 valence electrons. The molecule has 0 saturated heterocycles. The molecule has 3 aromatic rings. The van der Waals surface area contributed by atoms with Crippen LogP contribution in [0.2, 0.25) is 0 Å². The first-order chi connectivity index (χ1) is 12.8. The van der Waals surface area contributed by atoms with Gasteiger partial charge in [0.15, 0.2) is 0 Å². The van der Waals surface area contributed by atoms with E-state index in [4.69, 9.17) is 9.47 Å². The lowest BCUT2D eigenvalue weighted by Crippen LogP contribution is -2.17. The van der Waals surface area contributed by atoms with Crippen molar-refractivity contribution in [1.82, 2.24) is 0 Å². The third kappa shape index (κ3) is 4.72. The number of carbonyl (C=O) groups excluding carboxylic acids is 1. The Morgan fingerprint density at radius 1 is 1.15 bits per heavy atom. The van der Waals surface area contributed by atoms with Gasteiger partial charge >= 0.3 is 12.3 Å². The number of fused-ring (bicyclic) bond motifs is 1. The zero-order valence-corrected chi connectivity index (χ0v) is 16.2. The van der Waals surface area contributed by atoms with Crippen molar-refractivity contribution in [3.8, 4) is 11.5 Å². The minimum absolute atomic E-state index is 0.0584. The van der Waals surface area contributed by atoms with Gasteiger partial charge in [0.25, 0.3) is 0 Å². The van der Waals surface area contributed by atoms with Crippen LogP contribution in [0.5, 0.6) is 11.5 Å². The van der Waals surface area contributed by atoms with E-state index in [1.54, 1.807) is 12.1 Å². The quantitative estimate of drug-likeness (QED) is 0.442. The van der Waals surface area contributed by atoms with Crippen molar-refractivity contribution in [2.45, 2.75) is 13.0 Å². The molecule has 0 spiro atoms. The number of esters is 1. The number of thiophene rings is 1. The number of rotatable bonds is 5. The minimum Gasteiger partial charge on any atom is -0.487 e. The van der Waals surface area contributed by atoms with Crippen molar-refractivity contribution in [3.05, 3.63) is 57.4 Å². The molecule has 2 aromatic carbocycles. The van der Waals surface area contributed by atoms with Gasteiger partial charge in [0.2, 0.25) is 0 Å². The molecule has 0 atom stereocenters. The Hall–Kier alpha value is -2.26. The molecule has 0 aliphatic carbocycles. The molecule has 4 nitrogen and oxygen atoms in total. The number of ether oxygens (including phenoxy) is 3. The highest BCUT2D eigenvalue weighted by Gasteiger charge is 2.31. The van der Waals surface area contributed by atoms with Crippen LogP contribution in [-0.4, -0.2) is 19.4 Å². The Morgan fingerprint density at radius 2 is 1.85 bits per heavy atom. The molecular formula is C18H12BrF3O4S. The first kappa shape index (κ1) is 19.5. The van der Waals surface area contributed by atoms with Crippen molar-refractivity contribution in [2.24, 2.45) is 0 Å². The van der Waals surface area contributed by atoms with E-state index >= 15 is 0 Å². The van der Waals surface area contributed by atoms with Gasteiger partial charge < -0.3 is 14.2 Å². The number of hydrogen-bond donors (Lipinski definition) is 0. The molecule has 0 saturated carbocycles. The third-order valence-electron chi connectivity index (χ3n) is 3.57. The van der Waals surface area contributed by atoms with Gasteiger partial charge in [-0.15, -0.1) is 24.5 Å². The van der Waals surface area contributed by atoms with E-state index in [1.807, 2.05) is 6.07 Å². The predicted octanol–water partition coefficient (Wildman–Crippen LogP) is 5.93. The fourth-order valence-electron chi connectivity index (χ4n) is 2.42. The zero-order chi connectivity index (χ0) is 19.6. The highest BCUT2D eigenvalue weighted by atomic mass is 79.9. The summed E-state index contributed by atoms with van der Waals surface area (Å²) in [6.07, 6.45) is -4.74. The van der Waals surface area contributed by atoms with Crippen LogP contribution in [0.25, 0.3) is 10.1 Å². The largest absolute Gasteiger partial charge is 0.573 e. The maximum absolute atomic E-state index is 12.2. The van der Waals surface area contributed by atoms with E-state index in [0.29, 0.717) is 11.3 Å². The molecule has 0 fully saturated rings. The molecule has 0 unspecified atom stereocenters. The number of methoxy groups -OCH3 is 1. The van der Waals surface area contributed by atoms with Gasteiger partial charge in [-0.25, -0.2) is 4.79 Å². The summed E-state index contributed by atoms with van der Waals surface area (Å²) in [5, 5.41) is 0.742. The van der Waals surface area contributed by atoms with E-state index in [0.717, 1.165) is 13.9 Å². The van der Waals surface area contributed by atoms with Crippen LogP contribution in [0.1, 0.15) is 15.9 Å². The molecule has 27 heavy (non-hydrogen) atoms. The molecule has 0 N–H and O–H groups in total. The fourth-order valence-corrected chi connectivity index (χ4v) is 3.96. The van der Waals surface area contributed by atoms with Crippen molar-refractivity contribution in [2.75, 3.05) is 7.11 Å². The van der Waals surface area contributed by atoms with E-state index in [9.17, 15) is 18.0 Å². The normalized spacial score (nSPS) is 11.4. The first-order valence-electron chi connectivity index (χ1n) is 7.54. The van der Waals surface area contributed by atoms with E-state index < -0.39 is 12.3 Å². The van der Waals surface area contributed by atoms with Gasteiger partial charge in [-0.1, -0.05) is 12.1 Å². The van der Waals surface area contributed by atoms with E-state index in [1.165, 1.54) is 42.7 Å². The second-order valence-electron chi connectivity index (χ2n) is 5.38. The van der Waals surface area contributed by atoms with Crippen molar-refractivity contribution in [1.29, 1.82) is 0 Å². The van der Waals surface area contributed by atoms with Crippen molar-refractivity contribution < 1.29 is 32.2 Å². The van der Waals surface area contributed by atoms with Crippen LogP contribution in [0.4, 0.5) is 13.2 Å². The smallest absolute Gasteiger partial charge is 0.487 e. The molecule has 1 heterocycles. The maximum Gasteiger partial charge on any atom is 0.573 e. The average Bonchev–Trinajstić information content (AvgIpc) is 2.99. The van der Waals surface area contributed by atoms with Crippen LogP contribution >= 0.6 is 27.3 Å². The average molecular weight is 461 g/mol.